The summed E-state index contributed by atoms with van der Waals surface area (Å²) in [7, 11) is 0. The fourth-order valence-corrected chi connectivity index (χ4v) is 0.851. The normalized spacial score (nSPS) is 10.7. The number of rotatable bonds is 7. The van der Waals surface area contributed by atoms with Crippen molar-refractivity contribution in [2.24, 2.45) is 0 Å². The number of nitrogens with one attached hydrogen (secondary N) is 1. The fourth-order valence-electron chi connectivity index (χ4n) is 0.851. The molecule has 0 aromatic rings. The minimum atomic E-state index is 1.12. The molecule has 1 heteroatoms. The van der Waals surface area contributed by atoms with Crippen molar-refractivity contribution in [3.8, 4) is 0 Å². The van der Waals surface area contributed by atoms with Crippen molar-refractivity contribution < 1.29 is 0 Å². The van der Waals surface area contributed by atoms with Crippen LogP contribution < -0.4 is 5.32 Å². The number of hydrogen-bond acceptors (Lipinski definition) is 1. The van der Waals surface area contributed by atoms with Gasteiger partial charge in [0.05, 0.1) is 0 Å². The Bertz CT molecular complexity index is 86.9. The standard InChI is InChI=1S/C10H21N/c1-3-5-7-8-10-11-9-6-4-2/h8,10-11H,3-7,9H2,1-2H3/b10-8+. The predicted octanol–water partition coefficient (Wildman–Crippen LogP) is 3.08. The molecule has 0 fully saturated rings. The van der Waals surface area contributed by atoms with E-state index in [0.29, 0.717) is 0 Å². The third-order valence-electron chi connectivity index (χ3n) is 1.63. The monoisotopic (exact) mass is 155 g/mol. The zero-order valence-electron chi connectivity index (χ0n) is 7.90. The van der Waals surface area contributed by atoms with Crippen LogP contribution in [0.4, 0.5) is 0 Å². The molecule has 0 saturated carbocycles. The molecule has 0 rings (SSSR count). The minimum absolute atomic E-state index is 1.12. The Morgan fingerprint density at radius 3 is 2.45 bits per heavy atom. The molecule has 0 unspecified atom stereocenters. The van der Waals surface area contributed by atoms with E-state index in [9.17, 15) is 0 Å². The summed E-state index contributed by atoms with van der Waals surface area (Å²) in [5.41, 5.74) is 0. The zero-order chi connectivity index (χ0) is 8.36. The average Bonchev–Trinajstić information content (AvgIpc) is 2.03. The predicted molar refractivity (Wildman–Crippen MR) is 51.6 cm³/mol. The summed E-state index contributed by atoms with van der Waals surface area (Å²) in [6.45, 7) is 5.56. The van der Waals surface area contributed by atoms with E-state index >= 15 is 0 Å². The first-order valence-corrected chi connectivity index (χ1v) is 4.80. The van der Waals surface area contributed by atoms with Gasteiger partial charge >= 0.3 is 0 Å². The highest BCUT2D eigenvalue weighted by molar-refractivity contribution is 4.78. The molecule has 0 radical (unpaired) electrons. The van der Waals surface area contributed by atoms with Crippen molar-refractivity contribution in [1.29, 1.82) is 0 Å². The second-order valence-electron chi connectivity index (χ2n) is 2.85. The van der Waals surface area contributed by atoms with Crippen molar-refractivity contribution >= 4 is 0 Å². The molecule has 1 nitrogen and oxygen atoms in total. The summed E-state index contributed by atoms with van der Waals surface area (Å²) < 4.78 is 0. The molecule has 0 spiro atoms. The third kappa shape index (κ3) is 9.54. The quantitative estimate of drug-likeness (QED) is 0.557. The average molecular weight is 155 g/mol. The van der Waals surface area contributed by atoms with E-state index in [4.69, 9.17) is 0 Å². The van der Waals surface area contributed by atoms with Gasteiger partial charge in [0, 0.05) is 6.54 Å². The molecule has 66 valence electrons. The molecule has 0 aliphatic rings. The van der Waals surface area contributed by atoms with E-state index < -0.39 is 0 Å². The van der Waals surface area contributed by atoms with Crippen molar-refractivity contribution in [3.63, 3.8) is 0 Å². The SMILES string of the molecule is CCCC/C=C/NCCCC. The van der Waals surface area contributed by atoms with Crippen LogP contribution in [-0.4, -0.2) is 6.54 Å². The Morgan fingerprint density at radius 2 is 1.82 bits per heavy atom. The third-order valence-corrected chi connectivity index (χ3v) is 1.63. The lowest BCUT2D eigenvalue weighted by Crippen LogP contribution is -2.05. The van der Waals surface area contributed by atoms with Crippen LogP contribution in [0.15, 0.2) is 12.3 Å². The summed E-state index contributed by atoms with van der Waals surface area (Å²) in [6.07, 6.45) is 10.7. The Morgan fingerprint density at radius 1 is 1.09 bits per heavy atom. The van der Waals surface area contributed by atoms with Gasteiger partial charge in [-0.25, -0.2) is 0 Å². The molecule has 0 amide bonds. The smallest absolute Gasteiger partial charge is 0.0141 e. The van der Waals surface area contributed by atoms with Crippen LogP contribution in [0, 0.1) is 0 Å². The molecular weight excluding hydrogens is 134 g/mol. The Hall–Kier alpha value is -0.460. The van der Waals surface area contributed by atoms with E-state index in [1.807, 2.05) is 0 Å². The van der Waals surface area contributed by atoms with Crippen LogP contribution in [0.2, 0.25) is 0 Å². The van der Waals surface area contributed by atoms with Crippen LogP contribution in [0.25, 0.3) is 0 Å². The summed E-state index contributed by atoms with van der Waals surface area (Å²) in [4.78, 5) is 0. The van der Waals surface area contributed by atoms with Gasteiger partial charge in [0.25, 0.3) is 0 Å². The van der Waals surface area contributed by atoms with Crippen molar-refractivity contribution in [3.05, 3.63) is 12.3 Å². The van der Waals surface area contributed by atoms with Gasteiger partial charge in [-0.1, -0.05) is 39.2 Å². The summed E-state index contributed by atoms with van der Waals surface area (Å²) in [6, 6.07) is 0. The summed E-state index contributed by atoms with van der Waals surface area (Å²) in [5.74, 6) is 0. The van der Waals surface area contributed by atoms with Gasteiger partial charge in [-0.05, 0) is 19.0 Å². The molecule has 1 N–H and O–H groups in total. The fraction of sp³-hybridized carbons (Fsp3) is 0.800. The van der Waals surface area contributed by atoms with Gasteiger partial charge in [-0.15, -0.1) is 0 Å². The van der Waals surface area contributed by atoms with Crippen LogP contribution in [0.1, 0.15) is 46.0 Å². The van der Waals surface area contributed by atoms with Gasteiger partial charge in [-0.3, -0.25) is 0 Å². The first-order chi connectivity index (χ1) is 5.41. The maximum Gasteiger partial charge on any atom is 0.0141 e. The molecule has 0 aromatic heterocycles. The van der Waals surface area contributed by atoms with E-state index in [-0.39, 0.29) is 0 Å². The highest BCUT2D eigenvalue weighted by atomic mass is 14.8. The summed E-state index contributed by atoms with van der Waals surface area (Å²) in [5, 5.41) is 3.26. The van der Waals surface area contributed by atoms with E-state index in [0.717, 1.165) is 6.54 Å². The van der Waals surface area contributed by atoms with E-state index in [1.54, 1.807) is 0 Å². The van der Waals surface area contributed by atoms with Gasteiger partial charge in [0.15, 0.2) is 0 Å². The minimum Gasteiger partial charge on any atom is -0.391 e. The number of hydrogen-bond donors (Lipinski definition) is 1. The lowest BCUT2D eigenvalue weighted by molar-refractivity contribution is 0.730. The van der Waals surface area contributed by atoms with Gasteiger partial charge in [0.1, 0.15) is 0 Å². The Labute approximate surface area is 70.9 Å². The molecule has 0 bridgehead atoms. The topological polar surface area (TPSA) is 12.0 Å². The molecule has 0 heterocycles. The first kappa shape index (κ1) is 10.5. The van der Waals surface area contributed by atoms with Crippen LogP contribution in [0.3, 0.4) is 0 Å². The molecule has 0 aliphatic heterocycles. The highest BCUT2D eigenvalue weighted by Crippen LogP contribution is 1.93. The molecular formula is C10H21N. The molecule has 11 heavy (non-hydrogen) atoms. The van der Waals surface area contributed by atoms with Gasteiger partial charge in [0.2, 0.25) is 0 Å². The zero-order valence-corrected chi connectivity index (χ0v) is 7.90. The number of unbranched alkanes of at least 4 members (excludes halogenated alkanes) is 3. The van der Waals surface area contributed by atoms with Gasteiger partial charge < -0.3 is 5.32 Å². The molecule has 0 saturated heterocycles. The lowest BCUT2D eigenvalue weighted by Gasteiger charge is -1.96. The molecule has 0 aromatic carbocycles. The largest absolute Gasteiger partial charge is 0.391 e. The first-order valence-electron chi connectivity index (χ1n) is 4.80. The highest BCUT2D eigenvalue weighted by Gasteiger charge is 1.79. The maximum atomic E-state index is 3.26. The van der Waals surface area contributed by atoms with Gasteiger partial charge in [-0.2, -0.15) is 0 Å². The van der Waals surface area contributed by atoms with E-state index in [2.05, 4.69) is 31.4 Å². The van der Waals surface area contributed by atoms with Crippen LogP contribution in [0.5, 0.6) is 0 Å². The van der Waals surface area contributed by atoms with Crippen LogP contribution in [-0.2, 0) is 0 Å². The molecule has 0 aliphatic carbocycles. The van der Waals surface area contributed by atoms with Crippen molar-refractivity contribution in [2.75, 3.05) is 6.54 Å². The van der Waals surface area contributed by atoms with Crippen LogP contribution >= 0.6 is 0 Å². The second kappa shape index (κ2) is 9.54. The molecule has 0 atom stereocenters. The Balaban J connectivity index is 2.91. The van der Waals surface area contributed by atoms with E-state index in [1.165, 1.54) is 32.1 Å². The second-order valence-corrected chi connectivity index (χ2v) is 2.85. The number of allylic oxidation sites excluding steroid dienone is 1. The maximum absolute atomic E-state index is 3.26. The summed E-state index contributed by atoms with van der Waals surface area (Å²) >= 11 is 0. The lowest BCUT2D eigenvalue weighted by atomic mass is 10.2. The van der Waals surface area contributed by atoms with Crippen molar-refractivity contribution in [2.45, 2.75) is 46.0 Å². The van der Waals surface area contributed by atoms with Crippen molar-refractivity contribution in [1.82, 2.24) is 5.32 Å². The Kier molecular flexibility index (Phi) is 9.14.